The van der Waals surface area contributed by atoms with Crippen LogP contribution in [0.5, 0.6) is 0 Å². The molecule has 0 spiro atoms. The Labute approximate surface area is 192 Å². The van der Waals surface area contributed by atoms with E-state index in [-0.39, 0.29) is 10.8 Å². The number of sulfone groups is 1. The molecule has 3 aromatic rings. The number of aromatic nitrogens is 1. The van der Waals surface area contributed by atoms with Crippen molar-refractivity contribution < 1.29 is 13.2 Å². The largest absolute Gasteiger partial charge is 0.302 e. The van der Waals surface area contributed by atoms with Gasteiger partial charge in [0.1, 0.15) is 0 Å². The molecule has 0 aliphatic carbocycles. The normalized spacial score (nSPS) is 11.9. The summed E-state index contributed by atoms with van der Waals surface area (Å²) in [5.41, 5.74) is 2.21. The predicted molar refractivity (Wildman–Crippen MR) is 128 cm³/mol. The first-order chi connectivity index (χ1) is 14.6. The standard InChI is InChI=1S/C22H26ClN3O3S2/c1-5-25(6-2)11-12-26(21(27)16-7-9-18(10-8-16)31(4,28)29)22-24-20-15(3)13-17(23)14-19(20)30-22/h7-10,13-14H,5-6,11-12H2,1-4H3. The molecule has 0 saturated heterocycles. The van der Waals surface area contributed by atoms with Crippen LogP contribution < -0.4 is 4.90 Å². The Morgan fingerprint density at radius 2 is 1.74 bits per heavy atom. The molecule has 0 fully saturated rings. The summed E-state index contributed by atoms with van der Waals surface area (Å²) in [5.74, 6) is -0.213. The summed E-state index contributed by atoms with van der Waals surface area (Å²) in [7, 11) is -3.33. The number of amides is 1. The zero-order valence-electron chi connectivity index (χ0n) is 18.1. The molecule has 6 nitrogen and oxygen atoms in total. The second kappa shape index (κ2) is 9.65. The van der Waals surface area contributed by atoms with E-state index in [9.17, 15) is 13.2 Å². The van der Waals surface area contributed by atoms with Gasteiger partial charge in [-0.15, -0.1) is 0 Å². The number of aryl methyl sites for hydroxylation is 1. The van der Waals surface area contributed by atoms with E-state index in [1.54, 1.807) is 17.0 Å². The lowest BCUT2D eigenvalue weighted by molar-refractivity contribution is 0.0983. The fourth-order valence-electron chi connectivity index (χ4n) is 3.32. The Balaban J connectivity index is 2.00. The second-order valence-electron chi connectivity index (χ2n) is 7.35. The number of likely N-dealkylation sites (N-methyl/N-ethyl adjacent to an activating group) is 1. The number of hydrogen-bond donors (Lipinski definition) is 0. The van der Waals surface area contributed by atoms with Gasteiger partial charge in [-0.25, -0.2) is 13.4 Å². The number of rotatable bonds is 8. The molecule has 1 amide bonds. The maximum atomic E-state index is 13.4. The highest BCUT2D eigenvalue weighted by molar-refractivity contribution is 7.90. The van der Waals surface area contributed by atoms with Crippen LogP contribution in [0.2, 0.25) is 5.02 Å². The zero-order valence-corrected chi connectivity index (χ0v) is 20.4. The Morgan fingerprint density at radius 3 is 2.32 bits per heavy atom. The van der Waals surface area contributed by atoms with Crippen LogP contribution in [0.15, 0.2) is 41.3 Å². The minimum Gasteiger partial charge on any atom is -0.302 e. The van der Waals surface area contributed by atoms with Crippen molar-refractivity contribution in [2.75, 3.05) is 37.3 Å². The Morgan fingerprint density at radius 1 is 1.10 bits per heavy atom. The quantitative estimate of drug-likeness (QED) is 0.470. The number of carbonyl (C=O) groups is 1. The van der Waals surface area contributed by atoms with Gasteiger partial charge in [-0.1, -0.05) is 36.8 Å². The van der Waals surface area contributed by atoms with Gasteiger partial charge >= 0.3 is 0 Å². The first-order valence-electron chi connectivity index (χ1n) is 10.0. The molecule has 3 rings (SSSR count). The number of fused-ring (bicyclic) bond motifs is 1. The van der Waals surface area contributed by atoms with Gasteiger partial charge in [0, 0.05) is 29.9 Å². The van der Waals surface area contributed by atoms with Gasteiger partial charge in [-0.2, -0.15) is 0 Å². The van der Waals surface area contributed by atoms with Crippen LogP contribution in [0.25, 0.3) is 10.2 Å². The number of halogens is 1. The van der Waals surface area contributed by atoms with Gasteiger partial charge in [0.25, 0.3) is 5.91 Å². The molecule has 9 heteroatoms. The molecule has 31 heavy (non-hydrogen) atoms. The lowest BCUT2D eigenvalue weighted by atomic mass is 10.2. The molecule has 0 radical (unpaired) electrons. The van der Waals surface area contributed by atoms with E-state index in [0.29, 0.717) is 28.8 Å². The van der Waals surface area contributed by atoms with Crippen LogP contribution in [0.3, 0.4) is 0 Å². The van der Waals surface area contributed by atoms with Crippen molar-refractivity contribution in [2.24, 2.45) is 0 Å². The Hall–Kier alpha value is -2.00. The van der Waals surface area contributed by atoms with E-state index < -0.39 is 9.84 Å². The van der Waals surface area contributed by atoms with Crippen molar-refractivity contribution in [2.45, 2.75) is 25.7 Å². The number of hydrogen-bond acceptors (Lipinski definition) is 6. The predicted octanol–water partition coefficient (Wildman–Crippen LogP) is 4.65. The molecule has 1 aromatic heterocycles. The summed E-state index contributed by atoms with van der Waals surface area (Å²) < 4.78 is 24.4. The summed E-state index contributed by atoms with van der Waals surface area (Å²) in [4.78, 5) is 22.3. The van der Waals surface area contributed by atoms with Crippen LogP contribution >= 0.6 is 22.9 Å². The van der Waals surface area contributed by atoms with Gasteiger partial charge < -0.3 is 4.90 Å². The van der Waals surface area contributed by atoms with Crippen LogP contribution in [-0.2, 0) is 9.84 Å². The molecule has 166 valence electrons. The molecule has 0 N–H and O–H groups in total. The third-order valence-corrected chi connectivity index (χ3v) is 7.55. The second-order valence-corrected chi connectivity index (χ2v) is 10.8. The monoisotopic (exact) mass is 479 g/mol. The van der Waals surface area contributed by atoms with Crippen LogP contribution in [0.4, 0.5) is 5.13 Å². The van der Waals surface area contributed by atoms with Gasteiger partial charge in [0.2, 0.25) is 0 Å². The Kier molecular flexibility index (Phi) is 7.36. The minimum absolute atomic E-state index is 0.184. The molecular formula is C22H26ClN3O3S2. The highest BCUT2D eigenvalue weighted by Gasteiger charge is 2.23. The van der Waals surface area contributed by atoms with Crippen molar-refractivity contribution in [1.82, 2.24) is 9.88 Å². The SMILES string of the molecule is CCN(CC)CCN(C(=O)c1ccc(S(C)(=O)=O)cc1)c1nc2c(C)cc(Cl)cc2s1. The summed E-state index contributed by atoms with van der Waals surface area (Å²) in [5, 5.41) is 1.24. The Bertz CT molecular complexity index is 1190. The van der Waals surface area contributed by atoms with Gasteiger partial charge in [-0.05, 0) is 62.0 Å². The fourth-order valence-corrected chi connectivity index (χ4v) is 5.40. The number of anilines is 1. The maximum Gasteiger partial charge on any atom is 0.260 e. The lowest BCUT2D eigenvalue weighted by Crippen LogP contribution is -2.38. The third kappa shape index (κ3) is 5.44. The first-order valence-corrected chi connectivity index (χ1v) is 13.1. The van der Waals surface area contributed by atoms with Crippen molar-refractivity contribution in [1.29, 1.82) is 0 Å². The van der Waals surface area contributed by atoms with Crippen molar-refractivity contribution in [3.63, 3.8) is 0 Å². The molecule has 0 saturated carbocycles. The van der Waals surface area contributed by atoms with E-state index in [1.165, 1.54) is 23.5 Å². The van der Waals surface area contributed by atoms with E-state index >= 15 is 0 Å². The molecule has 1 heterocycles. The average molecular weight is 480 g/mol. The smallest absolute Gasteiger partial charge is 0.260 e. The molecule has 0 aliphatic heterocycles. The molecular weight excluding hydrogens is 454 g/mol. The summed E-state index contributed by atoms with van der Waals surface area (Å²) in [6.45, 7) is 9.07. The van der Waals surface area contributed by atoms with Gasteiger partial charge in [0.15, 0.2) is 15.0 Å². The molecule has 0 unspecified atom stereocenters. The number of carbonyl (C=O) groups excluding carboxylic acids is 1. The molecule has 0 atom stereocenters. The summed E-state index contributed by atoms with van der Waals surface area (Å²) >= 11 is 7.63. The van der Waals surface area contributed by atoms with E-state index in [2.05, 4.69) is 18.7 Å². The molecule has 0 bridgehead atoms. The van der Waals surface area contributed by atoms with Gasteiger partial charge in [-0.3, -0.25) is 9.69 Å². The van der Waals surface area contributed by atoms with Crippen LogP contribution in [0.1, 0.15) is 29.8 Å². The van der Waals surface area contributed by atoms with Gasteiger partial charge in [0.05, 0.1) is 15.1 Å². The number of benzene rings is 2. The van der Waals surface area contributed by atoms with E-state index in [0.717, 1.165) is 35.1 Å². The van der Waals surface area contributed by atoms with E-state index in [1.807, 2.05) is 19.1 Å². The summed E-state index contributed by atoms with van der Waals surface area (Å²) in [6.07, 6.45) is 1.15. The molecule has 2 aromatic carbocycles. The van der Waals surface area contributed by atoms with Crippen molar-refractivity contribution in [3.8, 4) is 0 Å². The maximum absolute atomic E-state index is 13.4. The molecule has 0 aliphatic rings. The average Bonchev–Trinajstić information content (AvgIpc) is 3.14. The summed E-state index contributed by atoms with van der Waals surface area (Å²) in [6, 6.07) is 9.76. The topological polar surface area (TPSA) is 70.6 Å². The highest BCUT2D eigenvalue weighted by Crippen LogP contribution is 2.33. The van der Waals surface area contributed by atoms with E-state index in [4.69, 9.17) is 16.6 Å². The fraction of sp³-hybridized carbons (Fsp3) is 0.364. The zero-order chi connectivity index (χ0) is 22.8. The van der Waals surface area contributed by atoms with Crippen molar-refractivity contribution in [3.05, 3.63) is 52.5 Å². The van der Waals surface area contributed by atoms with Crippen molar-refractivity contribution >= 4 is 54.0 Å². The van der Waals surface area contributed by atoms with Crippen LogP contribution in [-0.4, -0.2) is 56.6 Å². The van der Waals surface area contributed by atoms with Crippen LogP contribution in [0, 0.1) is 6.92 Å². The minimum atomic E-state index is -3.33. The first kappa shape index (κ1) is 23.7. The number of thiazole rings is 1. The third-order valence-electron chi connectivity index (χ3n) is 5.18. The lowest BCUT2D eigenvalue weighted by Gasteiger charge is -2.24. The highest BCUT2D eigenvalue weighted by atomic mass is 35.5. The number of nitrogens with zero attached hydrogens (tertiary/aromatic N) is 3.